The van der Waals surface area contributed by atoms with Crippen LogP contribution in [0.4, 0.5) is 0 Å². The van der Waals surface area contributed by atoms with Crippen LogP contribution in [0.2, 0.25) is 0 Å². The maximum Gasteiger partial charge on any atom is 0.304 e. The number of thiazole rings is 1. The summed E-state index contributed by atoms with van der Waals surface area (Å²) >= 11 is 1.25. The zero-order chi connectivity index (χ0) is 10.7. The number of hydrogen-bond donors (Lipinski definition) is 2. The van der Waals surface area contributed by atoms with Crippen molar-refractivity contribution in [3.8, 4) is 0 Å². The summed E-state index contributed by atoms with van der Waals surface area (Å²) in [5, 5.41) is 5.38. The Morgan fingerprint density at radius 2 is 2.53 bits per heavy atom. The van der Waals surface area contributed by atoms with E-state index in [9.17, 15) is 4.79 Å². The fraction of sp³-hybridized carbons (Fsp3) is 0.700. The molecule has 0 bridgehead atoms. The number of rotatable bonds is 2. The van der Waals surface area contributed by atoms with E-state index < -0.39 is 0 Å². The highest BCUT2D eigenvalue weighted by Gasteiger charge is 2.14. The first-order valence-electron chi connectivity index (χ1n) is 5.36. The predicted molar refractivity (Wildman–Crippen MR) is 62.3 cm³/mol. The molecular formula is C10H17N3OS. The summed E-state index contributed by atoms with van der Waals surface area (Å²) < 4.78 is 0. The fourth-order valence-electron chi connectivity index (χ4n) is 1.97. The van der Waals surface area contributed by atoms with Gasteiger partial charge in [-0.2, -0.15) is 0 Å². The molecule has 84 valence electrons. The topological polar surface area (TPSA) is 48.1 Å². The Morgan fingerprint density at radius 3 is 3.27 bits per heavy atom. The molecule has 15 heavy (non-hydrogen) atoms. The SMILES string of the molecule is CC1CN(Cc2csc(=O)[nH]2)CCCN1. The Morgan fingerprint density at radius 1 is 1.67 bits per heavy atom. The lowest BCUT2D eigenvalue weighted by Crippen LogP contribution is -2.35. The van der Waals surface area contributed by atoms with Gasteiger partial charge in [-0.25, -0.2) is 0 Å². The molecule has 4 nitrogen and oxygen atoms in total. The summed E-state index contributed by atoms with van der Waals surface area (Å²) in [5.41, 5.74) is 1.04. The molecule has 1 aromatic rings. The van der Waals surface area contributed by atoms with Crippen LogP contribution in [0.1, 0.15) is 19.0 Å². The first-order valence-corrected chi connectivity index (χ1v) is 6.24. The van der Waals surface area contributed by atoms with E-state index in [2.05, 4.69) is 22.1 Å². The van der Waals surface area contributed by atoms with Crippen LogP contribution in [0.15, 0.2) is 10.2 Å². The first-order chi connectivity index (χ1) is 7.24. The van der Waals surface area contributed by atoms with E-state index in [-0.39, 0.29) is 4.87 Å². The first kappa shape index (κ1) is 10.9. The average Bonchev–Trinajstić information content (AvgIpc) is 2.46. The molecule has 1 atom stereocenters. The molecule has 1 unspecified atom stereocenters. The van der Waals surface area contributed by atoms with Gasteiger partial charge in [-0.1, -0.05) is 11.3 Å². The van der Waals surface area contributed by atoms with Crippen LogP contribution < -0.4 is 10.2 Å². The molecule has 0 radical (unpaired) electrons. The minimum atomic E-state index is 0.0472. The average molecular weight is 227 g/mol. The van der Waals surface area contributed by atoms with Gasteiger partial charge in [0.05, 0.1) is 0 Å². The van der Waals surface area contributed by atoms with Gasteiger partial charge in [0.15, 0.2) is 0 Å². The monoisotopic (exact) mass is 227 g/mol. The molecule has 0 aliphatic carbocycles. The van der Waals surface area contributed by atoms with Gasteiger partial charge in [0, 0.05) is 30.2 Å². The van der Waals surface area contributed by atoms with Crippen molar-refractivity contribution in [2.24, 2.45) is 0 Å². The van der Waals surface area contributed by atoms with Crippen LogP contribution in [-0.2, 0) is 6.54 Å². The maximum absolute atomic E-state index is 11.0. The third-order valence-corrected chi connectivity index (χ3v) is 3.36. The van der Waals surface area contributed by atoms with Gasteiger partial charge in [0.1, 0.15) is 0 Å². The van der Waals surface area contributed by atoms with E-state index in [1.54, 1.807) is 0 Å². The van der Waals surface area contributed by atoms with Crippen molar-refractivity contribution in [2.75, 3.05) is 19.6 Å². The van der Waals surface area contributed by atoms with Crippen molar-refractivity contribution in [1.82, 2.24) is 15.2 Å². The Kier molecular flexibility index (Phi) is 3.56. The van der Waals surface area contributed by atoms with Crippen molar-refractivity contribution in [1.29, 1.82) is 0 Å². The molecule has 2 N–H and O–H groups in total. The largest absolute Gasteiger partial charge is 0.315 e. The minimum absolute atomic E-state index is 0.0472. The highest BCUT2D eigenvalue weighted by atomic mass is 32.1. The van der Waals surface area contributed by atoms with E-state index in [1.165, 1.54) is 17.8 Å². The maximum atomic E-state index is 11.0. The number of nitrogens with zero attached hydrogens (tertiary/aromatic N) is 1. The third-order valence-electron chi connectivity index (χ3n) is 2.64. The van der Waals surface area contributed by atoms with Crippen LogP contribution >= 0.6 is 11.3 Å². The summed E-state index contributed by atoms with van der Waals surface area (Å²) in [6.45, 7) is 6.32. The molecular weight excluding hydrogens is 210 g/mol. The molecule has 1 saturated heterocycles. The summed E-state index contributed by atoms with van der Waals surface area (Å²) in [6, 6.07) is 0.540. The molecule has 1 fully saturated rings. The van der Waals surface area contributed by atoms with Crippen molar-refractivity contribution >= 4 is 11.3 Å². The summed E-state index contributed by atoms with van der Waals surface area (Å²) in [4.78, 5) is 16.3. The summed E-state index contributed by atoms with van der Waals surface area (Å²) in [5.74, 6) is 0. The summed E-state index contributed by atoms with van der Waals surface area (Å²) in [7, 11) is 0. The molecule has 1 aliphatic heterocycles. The fourth-order valence-corrected chi connectivity index (χ4v) is 2.54. The minimum Gasteiger partial charge on any atom is -0.315 e. The van der Waals surface area contributed by atoms with E-state index in [4.69, 9.17) is 0 Å². The van der Waals surface area contributed by atoms with Gasteiger partial charge in [-0.3, -0.25) is 9.69 Å². The number of nitrogens with one attached hydrogen (secondary N) is 2. The molecule has 0 amide bonds. The Hall–Kier alpha value is -0.650. The van der Waals surface area contributed by atoms with Crippen LogP contribution in [0.5, 0.6) is 0 Å². The Labute approximate surface area is 93.3 Å². The van der Waals surface area contributed by atoms with Gasteiger partial charge in [0.2, 0.25) is 0 Å². The van der Waals surface area contributed by atoms with Gasteiger partial charge in [-0.15, -0.1) is 0 Å². The number of H-pyrrole nitrogens is 1. The highest BCUT2D eigenvalue weighted by Crippen LogP contribution is 2.06. The van der Waals surface area contributed by atoms with E-state index in [1.807, 2.05) is 5.38 Å². The van der Waals surface area contributed by atoms with Gasteiger partial charge in [0.25, 0.3) is 0 Å². The van der Waals surface area contributed by atoms with Crippen LogP contribution in [0, 0.1) is 0 Å². The zero-order valence-corrected chi connectivity index (χ0v) is 9.77. The highest BCUT2D eigenvalue weighted by molar-refractivity contribution is 7.07. The lowest BCUT2D eigenvalue weighted by atomic mass is 10.3. The lowest BCUT2D eigenvalue weighted by Gasteiger charge is -2.21. The zero-order valence-electron chi connectivity index (χ0n) is 8.95. The van der Waals surface area contributed by atoms with E-state index >= 15 is 0 Å². The van der Waals surface area contributed by atoms with Gasteiger partial charge in [-0.05, 0) is 26.4 Å². The second kappa shape index (κ2) is 4.92. The quantitative estimate of drug-likeness (QED) is 0.778. The van der Waals surface area contributed by atoms with Crippen molar-refractivity contribution in [3.63, 3.8) is 0 Å². The van der Waals surface area contributed by atoms with Crippen LogP contribution in [0.25, 0.3) is 0 Å². The lowest BCUT2D eigenvalue weighted by molar-refractivity contribution is 0.262. The van der Waals surface area contributed by atoms with Crippen molar-refractivity contribution < 1.29 is 0 Å². The number of hydrogen-bond acceptors (Lipinski definition) is 4. The molecule has 2 rings (SSSR count). The normalized spacial score (nSPS) is 23.9. The van der Waals surface area contributed by atoms with Gasteiger partial charge < -0.3 is 10.3 Å². The second-order valence-electron chi connectivity index (χ2n) is 4.12. The van der Waals surface area contributed by atoms with Crippen LogP contribution in [-0.4, -0.2) is 35.6 Å². The smallest absolute Gasteiger partial charge is 0.304 e. The molecule has 5 heteroatoms. The molecule has 2 heterocycles. The summed E-state index contributed by atoms with van der Waals surface area (Å²) in [6.07, 6.45) is 1.18. The van der Waals surface area contributed by atoms with Crippen molar-refractivity contribution in [2.45, 2.75) is 25.9 Å². The standard InChI is InChI=1S/C10H17N3OS/c1-8-5-13(4-2-3-11-8)6-9-7-15-10(14)12-9/h7-8,11H,2-6H2,1H3,(H,12,14). The Bertz CT molecular complexity index is 360. The molecule has 0 aromatic carbocycles. The van der Waals surface area contributed by atoms with E-state index in [0.717, 1.165) is 31.9 Å². The molecule has 1 aliphatic rings. The van der Waals surface area contributed by atoms with Gasteiger partial charge >= 0.3 is 4.87 Å². The molecule has 0 spiro atoms. The number of aromatic nitrogens is 1. The predicted octanol–water partition coefficient (Wildman–Crippen LogP) is 0.620. The van der Waals surface area contributed by atoms with E-state index in [0.29, 0.717) is 6.04 Å². The Balaban J connectivity index is 1.95. The number of aromatic amines is 1. The molecule has 0 saturated carbocycles. The molecule has 1 aromatic heterocycles. The van der Waals surface area contributed by atoms with Crippen molar-refractivity contribution in [3.05, 3.63) is 20.7 Å². The third kappa shape index (κ3) is 3.15. The van der Waals surface area contributed by atoms with Crippen LogP contribution in [0.3, 0.4) is 0 Å². The second-order valence-corrected chi connectivity index (χ2v) is 4.96.